The van der Waals surface area contributed by atoms with Crippen molar-refractivity contribution in [3.8, 4) is 0 Å². The third kappa shape index (κ3) is 3.35. The van der Waals surface area contributed by atoms with E-state index in [-0.39, 0.29) is 5.54 Å². The van der Waals surface area contributed by atoms with Crippen LogP contribution in [0.4, 0.5) is 0 Å². The Balaban J connectivity index is 1.92. The van der Waals surface area contributed by atoms with Gasteiger partial charge in [-0.15, -0.1) is 0 Å². The average Bonchev–Trinajstić information content (AvgIpc) is 3.36. The van der Waals surface area contributed by atoms with Crippen LogP contribution in [0.25, 0.3) is 0 Å². The Morgan fingerprint density at radius 3 is 2.54 bits per heavy atom. The van der Waals surface area contributed by atoms with E-state index in [1.807, 2.05) is 43.4 Å². The summed E-state index contributed by atoms with van der Waals surface area (Å²) in [5.74, 6) is 0.790. The zero-order valence-corrected chi connectivity index (χ0v) is 16.3. The van der Waals surface area contributed by atoms with E-state index < -0.39 is 16.2 Å². The van der Waals surface area contributed by atoms with Crippen LogP contribution >= 0.6 is 12.2 Å². The van der Waals surface area contributed by atoms with Gasteiger partial charge in [0.2, 0.25) is 4.87 Å². The fourth-order valence-corrected chi connectivity index (χ4v) is 5.34. The Morgan fingerprint density at radius 1 is 1.38 bits per heavy atom. The normalized spacial score (nSPS) is 24.0. The second-order valence-electron chi connectivity index (χ2n) is 7.32. The summed E-state index contributed by atoms with van der Waals surface area (Å²) in [6.45, 7) is 4.61. The number of benzene rings is 1. The third-order valence-electron chi connectivity index (χ3n) is 5.17. The Morgan fingerprint density at radius 2 is 2.04 bits per heavy atom. The van der Waals surface area contributed by atoms with E-state index in [4.69, 9.17) is 12.2 Å². The summed E-state index contributed by atoms with van der Waals surface area (Å²) in [6.07, 6.45) is 4.55. The lowest BCUT2D eigenvalue weighted by Crippen LogP contribution is -2.55. The van der Waals surface area contributed by atoms with Gasteiger partial charge in [-0.05, 0) is 33.2 Å². The van der Waals surface area contributed by atoms with Crippen LogP contribution in [-0.2, 0) is 16.2 Å². The second-order valence-corrected chi connectivity index (χ2v) is 9.34. The Kier molecular flexibility index (Phi) is 5.23. The Bertz CT molecular complexity index is 591. The highest BCUT2D eigenvalue weighted by molar-refractivity contribution is 7.92. The van der Waals surface area contributed by atoms with E-state index in [0.29, 0.717) is 6.67 Å². The minimum Gasteiger partial charge on any atom is -0.591 e. The molecular weight excluding hydrogens is 338 g/mol. The zero-order valence-electron chi connectivity index (χ0n) is 14.7. The number of thiocarbonyl (C=S) groups is 1. The van der Waals surface area contributed by atoms with Gasteiger partial charge in [-0.1, -0.05) is 55.4 Å². The fraction of sp³-hybridized carbons (Fsp3) is 0.611. The third-order valence-corrected chi connectivity index (χ3v) is 7.97. The molecule has 24 heavy (non-hydrogen) atoms. The van der Waals surface area contributed by atoms with Crippen molar-refractivity contribution in [2.45, 2.75) is 49.9 Å². The first-order chi connectivity index (χ1) is 11.4. The molecule has 0 spiro atoms. The molecular formula is C18H27N3OS2. The van der Waals surface area contributed by atoms with Gasteiger partial charge in [-0.2, -0.15) is 4.31 Å². The number of hydrogen-bond donors (Lipinski definition) is 2. The number of nitrogens with one attached hydrogen (secondary N) is 2. The van der Waals surface area contributed by atoms with E-state index >= 15 is 0 Å². The predicted octanol–water partition coefficient (Wildman–Crippen LogP) is 2.88. The number of nitrogens with zero attached hydrogens (tertiary/aromatic N) is 1. The summed E-state index contributed by atoms with van der Waals surface area (Å²) in [5, 5.41) is 6.78. The van der Waals surface area contributed by atoms with Crippen LogP contribution in [0, 0.1) is 5.92 Å². The molecule has 1 aromatic rings. The van der Waals surface area contributed by atoms with E-state index in [1.165, 1.54) is 12.8 Å². The minimum absolute atomic E-state index is 0.294. The molecule has 0 amide bonds. The van der Waals surface area contributed by atoms with Gasteiger partial charge < -0.3 is 4.55 Å². The van der Waals surface area contributed by atoms with Gasteiger partial charge >= 0.3 is 0 Å². The maximum atomic E-state index is 13.7. The molecule has 0 radical (unpaired) electrons. The van der Waals surface area contributed by atoms with Crippen molar-refractivity contribution in [2.75, 3.05) is 13.7 Å². The molecule has 2 unspecified atom stereocenters. The first-order valence-electron chi connectivity index (χ1n) is 8.64. The molecule has 1 aromatic carbocycles. The summed E-state index contributed by atoms with van der Waals surface area (Å²) in [6, 6.07) is 10.2. The molecule has 2 N–H and O–H groups in total. The van der Waals surface area contributed by atoms with Gasteiger partial charge in [0.05, 0.1) is 16.9 Å². The lowest BCUT2D eigenvalue weighted by Gasteiger charge is -2.38. The van der Waals surface area contributed by atoms with Crippen molar-refractivity contribution in [3.05, 3.63) is 35.9 Å². The summed E-state index contributed by atoms with van der Waals surface area (Å²) < 4.78 is 15.5. The van der Waals surface area contributed by atoms with Crippen molar-refractivity contribution in [3.63, 3.8) is 0 Å². The zero-order chi connectivity index (χ0) is 17.4. The van der Waals surface area contributed by atoms with E-state index in [1.54, 1.807) is 0 Å². The second kappa shape index (κ2) is 6.92. The van der Waals surface area contributed by atoms with Gasteiger partial charge in [0.15, 0.2) is 0 Å². The maximum Gasteiger partial charge on any atom is 0.227 e. The van der Waals surface area contributed by atoms with Crippen LogP contribution < -0.4 is 10.6 Å². The first kappa shape index (κ1) is 18.1. The van der Waals surface area contributed by atoms with Gasteiger partial charge in [0.1, 0.15) is 11.7 Å². The largest absolute Gasteiger partial charge is 0.591 e. The summed E-state index contributed by atoms with van der Waals surface area (Å²) in [7, 11) is 1.91. The Hall–Kier alpha value is -0.660. The molecule has 2 atom stereocenters. The molecule has 1 aliphatic heterocycles. The summed E-state index contributed by atoms with van der Waals surface area (Å²) >= 11 is 4.32. The van der Waals surface area contributed by atoms with Crippen molar-refractivity contribution < 1.29 is 4.55 Å². The SMILES string of the molecule is CNC(CCC1CC1)(c1ccccc1)[S+]([O-])N1CNC(C)(C)C1=S. The molecule has 0 aromatic heterocycles. The lowest BCUT2D eigenvalue weighted by atomic mass is 10.00. The fourth-order valence-electron chi connectivity index (χ4n) is 3.26. The number of hydrogen-bond acceptors (Lipinski definition) is 4. The summed E-state index contributed by atoms with van der Waals surface area (Å²) in [5.41, 5.74) is 0.775. The maximum absolute atomic E-state index is 13.7. The van der Waals surface area contributed by atoms with Gasteiger partial charge in [-0.25, -0.2) is 0 Å². The van der Waals surface area contributed by atoms with Gasteiger partial charge in [0, 0.05) is 12.0 Å². The van der Waals surface area contributed by atoms with Crippen LogP contribution in [0.5, 0.6) is 0 Å². The van der Waals surface area contributed by atoms with Crippen molar-refractivity contribution in [1.82, 2.24) is 14.9 Å². The standard InChI is InChI=1S/C18H27N3OS2/c1-17(2)16(23)21(13-20-17)24(22)18(19-3,12-11-14-9-10-14)15-7-5-4-6-8-15/h4-8,14,19-20H,9-13H2,1-3H3. The topological polar surface area (TPSA) is 50.4 Å². The van der Waals surface area contributed by atoms with Crippen LogP contribution in [-0.4, -0.2) is 33.1 Å². The monoisotopic (exact) mass is 365 g/mol. The van der Waals surface area contributed by atoms with E-state index in [0.717, 1.165) is 29.3 Å². The minimum atomic E-state index is -1.29. The molecule has 1 aliphatic carbocycles. The van der Waals surface area contributed by atoms with Crippen LogP contribution in [0.15, 0.2) is 30.3 Å². The molecule has 6 heteroatoms. The van der Waals surface area contributed by atoms with Crippen LogP contribution in [0.3, 0.4) is 0 Å². The van der Waals surface area contributed by atoms with Gasteiger partial charge in [-0.3, -0.25) is 10.6 Å². The molecule has 1 saturated heterocycles. The number of rotatable bonds is 7. The van der Waals surface area contributed by atoms with Crippen molar-refractivity contribution in [2.24, 2.45) is 5.92 Å². The highest BCUT2D eigenvalue weighted by Gasteiger charge is 2.52. The highest BCUT2D eigenvalue weighted by Crippen LogP contribution is 2.42. The first-order valence-corrected chi connectivity index (χ1v) is 10.2. The van der Waals surface area contributed by atoms with Crippen molar-refractivity contribution in [1.29, 1.82) is 0 Å². The molecule has 4 nitrogen and oxygen atoms in total. The molecule has 1 saturated carbocycles. The summed E-state index contributed by atoms with van der Waals surface area (Å²) in [4.78, 5) is 0.124. The lowest BCUT2D eigenvalue weighted by molar-refractivity contribution is 0.392. The average molecular weight is 366 g/mol. The Labute approximate surface area is 153 Å². The van der Waals surface area contributed by atoms with E-state index in [9.17, 15) is 4.55 Å². The van der Waals surface area contributed by atoms with Crippen LogP contribution in [0.2, 0.25) is 0 Å². The van der Waals surface area contributed by atoms with Crippen molar-refractivity contribution >= 4 is 28.6 Å². The molecule has 1 heterocycles. The van der Waals surface area contributed by atoms with Gasteiger partial charge in [0.25, 0.3) is 0 Å². The molecule has 2 aliphatic rings. The van der Waals surface area contributed by atoms with Crippen LogP contribution in [0.1, 0.15) is 45.1 Å². The quantitative estimate of drug-likeness (QED) is 0.575. The molecule has 3 rings (SSSR count). The van der Waals surface area contributed by atoms with E-state index in [2.05, 4.69) is 22.8 Å². The smallest absolute Gasteiger partial charge is 0.227 e. The molecule has 0 bridgehead atoms. The molecule has 132 valence electrons. The highest BCUT2D eigenvalue weighted by atomic mass is 32.2. The predicted molar refractivity (Wildman–Crippen MR) is 104 cm³/mol. The molecule has 2 fully saturated rings.